The summed E-state index contributed by atoms with van der Waals surface area (Å²) in [6.45, 7) is 1.50. The molecule has 2 unspecified atom stereocenters. The number of ether oxygens (including phenoxy) is 1. The Morgan fingerprint density at radius 2 is 1.96 bits per heavy atom. The second kappa shape index (κ2) is 6.95. The summed E-state index contributed by atoms with van der Waals surface area (Å²) in [6.07, 6.45) is 0.497. The topological polar surface area (TPSA) is 80.8 Å². The lowest BCUT2D eigenvalue weighted by Crippen LogP contribution is -2.37. The second-order valence-electron chi connectivity index (χ2n) is 5.49. The molecule has 0 saturated heterocycles. The maximum absolute atomic E-state index is 12.3. The van der Waals surface area contributed by atoms with Crippen LogP contribution >= 0.6 is 0 Å². The fourth-order valence-corrected chi connectivity index (χ4v) is 3.73. The SMILES string of the molecule is CC(OC(=O)CC1C=CS(=O)(=O)C1)C(=O)N(C)c1ccccc1. The number of amides is 1. The molecule has 0 aliphatic carbocycles. The lowest BCUT2D eigenvalue weighted by atomic mass is 10.1. The van der Waals surface area contributed by atoms with Gasteiger partial charge < -0.3 is 9.64 Å². The highest BCUT2D eigenvalue weighted by molar-refractivity contribution is 7.94. The maximum Gasteiger partial charge on any atom is 0.307 e. The third-order valence-corrected chi connectivity index (χ3v) is 5.03. The minimum atomic E-state index is -3.20. The van der Waals surface area contributed by atoms with Gasteiger partial charge >= 0.3 is 5.97 Å². The molecule has 2 atom stereocenters. The van der Waals surface area contributed by atoms with Crippen molar-refractivity contribution >= 4 is 27.4 Å². The predicted molar refractivity (Wildman–Crippen MR) is 86.4 cm³/mol. The molecular weight excluding hydrogens is 318 g/mol. The van der Waals surface area contributed by atoms with Crippen molar-refractivity contribution < 1.29 is 22.7 Å². The van der Waals surface area contributed by atoms with E-state index in [-0.39, 0.29) is 24.0 Å². The van der Waals surface area contributed by atoms with E-state index < -0.39 is 21.9 Å². The molecule has 7 heteroatoms. The van der Waals surface area contributed by atoms with Gasteiger partial charge in [0, 0.05) is 24.1 Å². The summed E-state index contributed by atoms with van der Waals surface area (Å²) in [5.41, 5.74) is 0.699. The van der Waals surface area contributed by atoms with Gasteiger partial charge in [0.2, 0.25) is 0 Å². The van der Waals surface area contributed by atoms with Crippen LogP contribution in [0.1, 0.15) is 13.3 Å². The number of carbonyl (C=O) groups excluding carboxylic acids is 2. The lowest BCUT2D eigenvalue weighted by Gasteiger charge is -2.21. The Morgan fingerprint density at radius 3 is 2.52 bits per heavy atom. The van der Waals surface area contributed by atoms with E-state index in [1.807, 2.05) is 18.2 Å². The van der Waals surface area contributed by atoms with Crippen LogP contribution in [0.15, 0.2) is 41.8 Å². The zero-order valence-corrected chi connectivity index (χ0v) is 13.8. The van der Waals surface area contributed by atoms with Crippen LogP contribution in [0, 0.1) is 5.92 Å². The number of rotatable bonds is 5. The highest BCUT2D eigenvalue weighted by atomic mass is 32.2. The smallest absolute Gasteiger partial charge is 0.307 e. The fourth-order valence-electron chi connectivity index (χ4n) is 2.33. The first-order chi connectivity index (χ1) is 10.8. The number of para-hydroxylation sites is 1. The van der Waals surface area contributed by atoms with E-state index in [1.165, 1.54) is 17.9 Å². The van der Waals surface area contributed by atoms with Crippen LogP contribution in [-0.4, -0.2) is 39.2 Å². The Labute approximate surface area is 135 Å². The number of esters is 1. The van der Waals surface area contributed by atoms with E-state index in [9.17, 15) is 18.0 Å². The summed E-state index contributed by atoms with van der Waals surface area (Å²) in [5, 5.41) is 1.11. The van der Waals surface area contributed by atoms with Crippen molar-refractivity contribution in [2.75, 3.05) is 17.7 Å². The summed E-state index contributed by atoms with van der Waals surface area (Å²) >= 11 is 0. The number of hydrogen-bond acceptors (Lipinski definition) is 5. The van der Waals surface area contributed by atoms with Crippen molar-refractivity contribution in [3.63, 3.8) is 0 Å². The second-order valence-corrected chi connectivity index (χ2v) is 7.42. The van der Waals surface area contributed by atoms with Gasteiger partial charge in [0.1, 0.15) is 0 Å². The molecule has 0 N–H and O–H groups in total. The molecular formula is C16H19NO5S. The Bertz CT molecular complexity index is 711. The van der Waals surface area contributed by atoms with Crippen molar-refractivity contribution in [2.45, 2.75) is 19.4 Å². The standard InChI is InChI=1S/C16H19NO5S/c1-12(16(19)17(2)14-6-4-3-5-7-14)22-15(18)10-13-8-9-23(20,21)11-13/h3-9,12-13H,10-11H2,1-2H3. The lowest BCUT2D eigenvalue weighted by molar-refractivity contribution is -0.154. The van der Waals surface area contributed by atoms with Crippen LogP contribution < -0.4 is 4.90 Å². The van der Waals surface area contributed by atoms with Crippen molar-refractivity contribution in [2.24, 2.45) is 5.92 Å². The first-order valence-electron chi connectivity index (χ1n) is 7.21. The largest absolute Gasteiger partial charge is 0.453 e. The Kier molecular flexibility index (Phi) is 5.20. The normalized spacial score (nSPS) is 20.0. The van der Waals surface area contributed by atoms with Gasteiger partial charge in [-0.05, 0) is 19.1 Å². The van der Waals surface area contributed by atoms with Gasteiger partial charge in [0.15, 0.2) is 15.9 Å². The molecule has 0 fully saturated rings. The molecule has 0 radical (unpaired) electrons. The zero-order chi connectivity index (χ0) is 17.0. The molecule has 0 bridgehead atoms. The van der Waals surface area contributed by atoms with Gasteiger partial charge in [-0.1, -0.05) is 24.3 Å². The van der Waals surface area contributed by atoms with Gasteiger partial charge in [-0.3, -0.25) is 9.59 Å². The van der Waals surface area contributed by atoms with Crippen LogP contribution in [-0.2, 0) is 24.2 Å². The van der Waals surface area contributed by atoms with Gasteiger partial charge in [-0.2, -0.15) is 0 Å². The molecule has 1 aromatic carbocycles. The summed E-state index contributed by atoms with van der Waals surface area (Å²) in [4.78, 5) is 25.5. The fraction of sp³-hybridized carbons (Fsp3) is 0.375. The van der Waals surface area contributed by atoms with E-state index in [2.05, 4.69) is 0 Å². The minimum absolute atomic E-state index is 0.0532. The van der Waals surface area contributed by atoms with E-state index in [0.717, 1.165) is 5.41 Å². The first kappa shape index (κ1) is 17.2. The molecule has 6 nitrogen and oxygen atoms in total. The molecule has 124 valence electrons. The van der Waals surface area contributed by atoms with Crippen LogP contribution in [0.5, 0.6) is 0 Å². The van der Waals surface area contributed by atoms with E-state index in [1.54, 1.807) is 19.2 Å². The number of hydrogen-bond donors (Lipinski definition) is 0. The van der Waals surface area contributed by atoms with Crippen LogP contribution in [0.4, 0.5) is 5.69 Å². The number of benzene rings is 1. The van der Waals surface area contributed by atoms with Gasteiger partial charge in [0.05, 0.1) is 12.2 Å². The van der Waals surface area contributed by atoms with Gasteiger partial charge in [-0.15, -0.1) is 0 Å². The third-order valence-electron chi connectivity index (χ3n) is 3.56. The number of likely N-dealkylation sites (N-methyl/N-ethyl adjacent to an activating group) is 1. The molecule has 0 aromatic heterocycles. The average Bonchev–Trinajstić information content (AvgIpc) is 2.85. The highest BCUT2D eigenvalue weighted by Gasteiger charge is 2.27. The predicted octanol–water partition coefficient (Wildman–Crippen LogP) is 1.53. The Balaban J connectivity index is 1.88. The molecule has 0 spiro atoms. The molecule has 23 heavy (non-hydrogen) atoms. The monoisotopic (exact) mass is 337 g/mol. The molecule has 2 rings (SSSR count). The molecule has 1 heterocycles. The summed E-state index contributed by atoms with van der Waals surface area (Å²) in [5.74, 6) is -1.41. The van der Waals surface area contributed by atoms with Crippen molar-refractivity contribution in [1.82, 2.24) is 0 Å². The number of carbonyl (C=O) groups is 2. The van der Waals surface area contributed by atoms with Crippen LogP contribution in [0.2, 0.25) is 0 Å². The third kappa shape index (κ3) is 4.66. The molecule has 1 aliphatic rings. The summed E-state index contributed by atoms with van der Waals surface area (Å²) in [6, 6.07) is 9.01. The van der Waals surface area contributed by atoms with E-state index in [4.69, 9.17) is 4.74 Å². The van der Waals surface area contributed by atoms with E-state index in [0.29, 0.717) is 5.69 Å². The van der Waals surface area contributed by atoms with Crippen molar-refractivity contribution in [1.29, 1.82) is 0 Å². The Hall–Kier alpha value is -2.15. The van der Waals surface area contributed by atoms with Gasteiger partial charge in [-0.25, -0.2) is 8.42 Å². The average molecular weight is 337 g/mol. The zero-order valence-electron chi connectivity index (χ0n) is 13.0. The molecule has 0 saturated carbocycles. The molecule has 1 aliphatic heterocycles. The number of anilines is 1. The van der Waals surface area contributed by atoms with Gasteiger partial charge in [0.25, 0.3) is 5.91 Å². The quantitative estimate of drug-likeness (QED) is 0.761. The number of allylic oxidation sites excluding steroid dienone is 1. The highest BCUT2D eigenvalue weighted by Crippen LogP contribution is 2.19. The molecule has 1 aromatic rings. The summed E-state index contributed by atoms with van der Waals surface area (Å²) in [7, 11) is -1.59. The molecule has 1 amide bonds. The first-order valence-corrected chi connectivity index (χ1v) is 8.93. The Morgan fingerprint density at radius 1 is 1.30 bits per heavy atom. The number of sulfone groups is 1. The maximum atomic E-state index is 12.3. The van der Waals surface area contributed by atoms with Crippen LogP contribution in [0.3, 0.4) is 0 Å². The van der Waals surface area contributed by atoms with E-state index >= 15 is 0 Å². The van der Waals surface area contributed by atoms with Crippen LogP contribution in [0.25, 0.3) is 0 Å². The number of nitrogens with zero attached hydrogens (tertiary/aromatic N) is 1. The minimum Gasteiger partial charge on any atom is -0.453 e. The summed E-state index contributed by atoms with van der Waals surface area (Å²) < 4.78 is 27.7. The van der Waals surface area contributed by atoms with Crippen molar-refractivity contribution in [3.8, 4) is 0 Å². The van der Waals surface area contributed by atoms with Crippen molar-refractivity contribution in [3.05, 3.63) is 41.8 Å².